The molecular formula is C7H12O2. The molecule has 0 radical (unpaired) electrons. The first kappa shape index (κ1) is 6.78. The van der Waals surface area contributed by atoms with Gasteiger partial charge in [-0.3, -0.25) is 0 Å². The third kappa shape index (κ3) is 2.63. The van der Waals surface area contributed by atoms with Gasteiger partial charge in [-0.05, 0) is 13.3 Å². The van der Waals surface area contributed by atoms with Crippen LogP contribution in [0.2, 0.25) is 0 Å². The molecule has 1 rings (SSSR count). The molecule has 1 atom stereocenters. The quantitative estimate of drug-likeness (QED) is 0.448. The molecule has 0 aromatic rings. The van der Waals surface area contributed by atoms with Gasteiger partial charge >= 0.3 is 0 Å². The van der Waals surface area contributed by atoms with Crippen molar-refractivity contribution in [1.29, 1.82) is 0 Å². The van der Waals surface area contributed by atoms with E-state index in [2.05, 4.69) is 0 Å². The fourth-order valence-corrected chi connectivity index (χ4v) is 0.784. The minimum absolute atomic E-state index is 0.151. The Kier molecular flexibility index (Phi) is 2.25. The normalized spacial score (nSPS) is 26.4. The first-order valence-electron chi connectivity index (χ1n) is 3.21. The summed E-state index contributed by atoms with van der Waals surface area (Å²) in [4.78, 5) is 0. The van der Waals surface area contributed by atoms with Crippen molar-refractivity contribution < 1.29 is 9.84 Å². The Morgan fingerprint density at radius 1 is 1.89 bits per heavy atom. The molecule has 0 aromatic carbocycles. The van der Waals surface area contributed by atoms with E-state index in [1.165, 1.54) is 5.57 Å². The lowest BCUT2D eigenvalue weighted by atomic mass is 10.2. The third-order valence-electron chi connectivity index (χ3n) is 1.39. The molecule has 1 aliphatic heterocycles. The van der Waals surface area contributed by atoms with Crippen LogP contribution in [0.15, 0.2) is 11.6 Å². The Morgan fingerprint density at radius 2 is 2.56 bits per heavy atom. The minimum atomic E-state index is 0.151. The van der Waals surface area contributed by atoms with Gasteiger partial charge in [0.1, 0.15) is 0 Å². The Morgan fingerprint density at radius 3 is 3.00 bits per heavy atom. The standard InChI is InChI=1S/C7H12O2/c1-6(2-3-8)4-7-5-9-7/h2,7-8H,3-5H2,1H3/b6-2-/t7-/m1/s1. The summed E-state index contributed by atoms with van der Waals surface area (Å²) in [6.07, 6.45) is 3.26. The largest absolute Gasteiger partial charge is 0.392 e. The zero-order valence-corrected chi connectivity index (χ0v) is 5.63. The van der Waals surface area contributed by atoms with Crippen LogP contribution in [0.5, 0.6) is 0 Å². The first-order valence-corrected chi connectivity index (χ1v) is 3.21. The summed E-state index contributed by atoms with van der Waals surface area (Å²) in [6, 6.07) is 0. The van der Waals surface area contributed by atoms with Crippen molar-refractivity contribution in [2.24, 2.45) is 0 Å². The zero-order valence-electron chi connectivity index (χ0n) is 5.63. The Balaban J connectivity index is 2.15. The van der Waals surface area contributed by atoms with Crippen molar-refractivity contribution in [3.05, 3.63) is 11.6 Å². The molecule has 2 heteroatoms. The van der Waals surface area contributed by atoms with Crippen LogP contribution in [0.1, 0.15) is 13.3 Å². The first-order chi connectivity index (χ1) is 4.33. The zero-order chi connectivity index (χ0) is 6.69. The molecule has 1 aliphatic rings. The van der Waals surface area contributed by atoms with E-state index < -0.39 is 0 Å². The maximum Gasteiger partial charge on any atom is 0.0846 e. The molecule has 0 bridgehead atoms. The predicted molar refractivity (Wildman–Crippen MR) is 35.2 cm³/mol. The van der Waals surface area contributed by atoms with E-state index in [-0.39, 0.29) is 6.61 Å². The molecular weight excluding hydrogens is 116 g/mol. The molecule has 0 spiro atoms. The lowest BCUT2D eigenvalue weighted by Crippen LogP contribution is -1.87. The van der Waals surface area contributed by atoms with E-state index in [0.29, 0.717) is 6.10 Å². The second-order valence-electron chi connectivity index (χ2n) is 2.39. The minimum Gasteiger partial charge on any atom is -0.392 e. The van der Waals surface area contributed by atoms with Gasteiger partial charge in [0.25, 0.3) is 0 Å². The molecule has 9 heavy (non-hydrogen) atoms. The second kappa shape index (κ2) is 2.99. The number of ether oxygens (including phenoxy) is 1. The van der Waals surface area contributed by atoms with Crippen molar-refractivity contribution in [1.82, 2.24) is 0 Å². The fraction of sp³-hybridized carbons (Fsp3) is 0.714. The van der Waals surface area contributed by atoms with Gasteiger partial charge in [-0.2, -0.15) is 0 Å². The maximum atomic E-state index is 8.45. The summed E-state index contributed by atoms with van der Waals surface area (Å²) in [5.74, 6) is 0. The van der Waals surface area contributed by atoms with Crippen molar-refractivity contribution in [3.8, 4) is 0 Å². The van der Waals surface area contributed by atoms with Crippen LogP contribution < -0.4 is 0 Å². The number of aliphatic hydroxyl groups excluding tert-OH is 1. The predicted octanol–water partition coefficient (Wildman–Crippen LogP) is 0.714. The molecule has 1 heterocycles. The molecule has 52 valence electrons. The van der Waals surface area contributed by atoms with E-state index in [1.807, 2.05) is 13.0 Å². The van der Waals surface area contributed by atoms with Gasteiger partial charge in [0.05, 0.1) is 19.3 Å². The maximum absolute atomic E-state index is 8.45. The van der Waals surface area contributed by atoms with Crippen LogP contribution in [0.4, 0.5) is 0 Å². The van der Waals surface area contributed by atoms with Gasteiger partial charge in [0.2, 0.25) is 0 Å². The molecule has 0 aliphatic carbocycles. The molecule has 1 saturated heterocycles. The monoisotopic (exact) mass is 128 g/mol. The SMILES string of the molecule is C/C(=C/CO)C[C@@H]1CO1. The third-order valence-corrected chi connectivity index (χ3v) is 1.39. The highest BCUT2D eigenvalue weighted by atomic mass is 16.6. The fourth-order valence-electron chi connectivity index (χ4n) is 0.784. The summed E-state index contributed by atoms with van der Waals surface area (Å²) < 4.78 is 5.00. The van der Waals surface area contributed by atoms with Crippen LogP contribution >= 0.6 is 0 Å². The van der Waals surface area contributed by atoms with E-state index >= 15 is 0 Å². The van der Waals surface area contributed by atoms with Gasteiger partial charge in [-0.15, -0.1) is 0 Å². The number of hydrogen-bond donors (Lipinski definition) is 1. The second-order valence-corrected chi connectivity index (χ2v) is 2.39. The molecule has 2 nitrogen and oxygen atoms in total. The molecule has 0 saturated carbocycles. The number of hydrogen-bond acceptors (Lipinski definition) is 2. The number of epoxide rings is 1. The summed E-state index contributed by atoms with van der Waals surface area (Å²) in [6.45, 7) is 3.06. The highest BCUT2D eigenvalue weighted by Crippen LogP contribution is 2.17. The van der Waals surface area contributed by atoms with Crippen molar-refractivity contribution in [2.75, 3.05) is 13.2 Å². The van der Waals surface area contributed by atoms with Crippen LogP contribution in [-0.2, 0) is 4.74 Å². The highest BCUT2D eigenvalue weighted by molar-refractivity contribution is 5.01. The average molecular weight is 128 g/mol. The van der Waals surface area contributed by atoms with Gasteiger partial charge in [-0.25, -0.2) is 0 Å². The molecule has 0 aromatic heterocycles. The van der Waals surface area contributed by atoms with Crippen LogP contribution in [0.3, 0.4) is 0 Å². The summed E-state index contributed by atoms with van der Waals surface area (Å²) in [7, 11) is 0. The van der Waals surface area contributed by atoms with E-state index in [4.69, 9.17) is 9.84 Å². The molecule has 1 N–H and O–H groups in total. The van der Waals surface area contributed by atoms with Gasteiger partial charge in [0.15, 0.2) is 0 Å². The van der Waals surface area contributed by atoms with E-state index in [1.54, 1.807) is 0 Å². The van der Waals surface area contributed by atoms with Crippen molar-refractivity contribution >= 4 is 0 Å². The molecule has 0 unspecified atom stereocenters. The molecule has 1 fully saturated rings. The Hall–Kier alpha value is -0.340. The number of rotatable bonds is 3. The van der Waals surface area contributed by atoms with Gasteiger partial charge < -0.3 is 9.84 Å². The topological polar surface area (TPSA) is 32.8 Å². The van der Waals surface area contributed by atoms with E-state index in [0.717, 1.165) is 13.0 Å². The smallest absolute Gasteiger partial charge is 0.0846 e. The highest BCUT2D eigenvalue weighted by Gasteiger charge is 2.21. The summed E-state index contributed by atoms with van der Waals surface area (Å²) in [5, 5.41) is 8.45. The van der Waals surface area contributed by atoms with Crippen LogP contribution in [0, 0.1) is 0 Å². The lowest BCUT2D eigenvalue weighted by molar-refractivity contribution is 0.340. The van der Waals surface area contributed by atoms with Gasteiger partial charge in [0, 0.05) is 0 Å². The summed E-state index contributed by atoms with van der Waals surface area (Å²) in [5.41, 5.74) is 1.22. The van der Waals surface area contributed by atoms with Crippen LogP contribution in [0.25, 0.3) is 0 Å². The average Bonchev–Trinajstić information content (AvgIpc) is 2.50. The summed E-state index contributed by atoms with van der Waals surface area (Å²) >= 11 is 0. The van der Waals surface area contributed by atoms with Crippen molar-refractivity contribution in [2.45, 2.75) is 19.4 Å². The van der Waals surface area contributed by atoms with Crippen molar-refractivity contribution in [3.63, 3.8) is 0 Å². The van der Waals surface area contributed by atoms with Gasteiger partial charge in [-0.1, -0.05) is 11.6 Å². The van der Waals surface area contributed by atoms with Crippen LogP contribution in [-0.4, -0.2) is 24.4 Å². The Labute approximate surface area is 55.1 Å². The lowest BCUT2D eigenvalue weighted by Gasteiger charge is -1.93. The molecule has 0 amide bonds. The number of aliphatic hydroxyl groups is 1. The Bertz CT molecular complexity index is 114. The van der Waals surface area contributed by atoms with E-state index in [9.17, 15) is 0 Å².